The van der Waals surface area contributed by atoms with Gasteiger partial charge in [0.1, 0.15) is 5.75 Å². The highest BCUT2D eigenvalue weighted by atomic mass is 16.5. The number of hydroxylamine groups is 4. The Morgan fingerprint density at radius 1 is 0.938 bits per heavy atom. The van der Waals surface area contributed by atoms with Gasteiger partial charge >= 0.3 is 0 Å². The third kappa shape index (κ3) is 2.58. The van der Waals surface area contributed by atoms with E-state index in [0.29, 0.717) is 23.1 Å². The number of carbonyl (C=O) groups excluding carboxylic acids is 4. The number of allylic oxidation sites excluding steroid dienone is 3. The standard InChI is InChI=1S/C23H22N2O7/c1-2-4-10-5-3-6-12(19(10)26)16-11-7-8-13-17(22(29)24(31)20(13)27)14(11)9-15-18(16)23(30)25(32)21(15)28/h2-3,5-7,13-18,26,31-32H,1,4,8-9H2/t13-,14+,15+,16+,17-,18+/m0/s1. The Morgan fingerprint density at radius 2 is 1.59 bits per heavy atom. The molecular weight excluding hydrogens is 416 g/mol. The zero-order valence-corrected chi connectivity index (χ0v) is 17.0. The summed E-state index contributed by atoms with van der Waals surface area (Å²) in [5.74, 6) is -7.73. The molecule has 166 valence electrons. The number of phenolic OH excluding ortho intramolecular Hbond substituents is 1. The van der Waals surface area contributed by atoms with Gasteiger partial charge in [-0.1, -0.05) is 35.9 Å². The number of benzene rings is 1. The maximum atomic E-state index is 12.9. The molecule has 0 radical (unpaired) electrons. The van der Waals surface area contributed by atoms with Gasteiger partial charge in [0, 0.05) is 11.5 Å². The molecule has 0 spiro atoms. The Labute approximate surface area is 183 Å². The average Bonchev–Trinajstić information content (AvgIpc) is 3.14. The molecular formula is C23H22N2O7. The third-order valence-corrected chi connectivity index (χ3v) is 7.45. The van der Waals surface area contributed by atoms with Crippen LogP contribution >= 0.6 is 0 Å². The van der Waals surface area contributed by atoms with Crippen molar-refractivity contribution in [2.45, 2.75) is 25.2 Å². The molecule has 3 fully saturated rings. The summed E-state index contributed by atoms with van der Waals surface area (Å²) in [7, 11) is 0. The first-order valence-corrected chi connectivity index (χ1v) is 10.5. The van der Waals surface area contributed by atoms with E-state index in [9.17, 15) is 34.7 Å². The van der Waals surface area contributed by atoms with Crippen molar-refractivity contribution in [3.63, 3.8) is 0 Å². The topological polar surface area (TPSA) is 135 Å². The second-order valence-corrected chi connectivity index (χ2v) is 8.85. The van der Waals surface area contributed by atoms with E-state index >= 15 is 0 Å². The van der Waals surface area contributed by atoms with E-state index in [1.165, 1.54) is 0 Å². The molecule has 5 rings (SSSR count). The van der Waals surface area contributed by atoms with E-state index in [-0.39, 0.29) is 28.7 Å². The lowest BCUT2D eigenvalue weighted by Gasteiger charge is -2.44. The monoisotopic (exact) mass is 438 g/mol. The van der Waals surface area contributed by atoms with Crippen molar-refractivity contribution in [3.8, 4) is 5.75 Å². The van der Waals surface area contributed by atoms with E-state index < -0.39 is 59.1 Å². The molecule has 9 nitrogen and oxygen atoms in total. The lowest BCUT2D eigenvalue weighted by atomic mass is 9.57. The largest absolute Gasteiger partial charge is 0.507 e. The van der Waals surface area contributed by atoms with Crippen LogP contribution in [0.15, 0.2) is 42.5 Å². The van der Waals surface area contributed by atoms with Gasteiger partial charge in [-0.25, -0.2) is 0 Å². The molecule has 32 heavy (non-hydrogen) atoms. The van der Waals surface area contributed by atoms with Crippen molar-refractivity contribution in [2.24, 2.45) is 29.6 Å². The molecule has 9 heteroatoms. The highest BCUT2D eigenvalue weighted by molar-refractivity contribution is 6.06. The zero-order chi connectivity index (χ0) is 22.9. The van der Waals surface area contributed by atoms with E-state index in [4.69, 9.17) is 0 Å². The summed E-state index contributed by atoms with van der Waals surface area (Å²) >= 11 is 0. The molecule has 1 aromatic carbocycles. The van der Waals surface area contributed by atoms with Crippen LogP contribution in [0.4, 0.5) is 0 Å². The summed E-state index contributed by atoms with van der Waals surface area (Å²) < 4.78 is 0. The van der Waals surface area contributed by atoms with Crippen LogP contribution in [-0.2, 0) is 25.6 Å². The number of hydrogen-bond donors (Lipinski definition) is 3. The Bertz CT molecular complexity index is 1110. The minimum absolute atomic E-state index is 0.0333. The van der Waals surface area contributed by atoms with E-state index in [0.717, 1.165) is 0 Å². The van der Waals surface area contributed by atoms with Gasteiger partial charge in [0.15, 0.2) is 0 Å². The quantitative estimate of drug-likeness (QED) is 0.370. The number of carbonyl (C=O) groups is 4. The number of rotatable bonds is 3. The van der Waals surface area contributed by atoms with Crippen molar-refractivity contribution >= 4 is 23.6 Å². The average molecular weight is 438 g/mol. The summed E-state index contributed by atoms with van der Waals surface area (Å²) in [6.07, 6.45) is 4.10. The fourth-order valence-corrected chi connectivity index (χ4v) is 6.09. The number of nitrogens with zero attached hydrogens (tertiary/aromatic N) is 2. The van der Waals surface area contributed by atoms with Crippen LogP contribution in [0, 0.1) is 29.6 Å². The van der Waals surface area contributed by atoms with Crippen LogP contribution in [0.2, 0.25) is 0 Å². The molecule has 0 aromatic heterocycles. The van der Waals surface area contributed by atoms with Crippen molar-refractivity contribution in [1.82, 2.24) is 10.1 Å². The van der Waals surface area contributed by atoms with Crippen LogP contribution in [0.5, 0.6) is 5.75 Å². The predicted octanol–water partition coefficient (Wildman–Crippen LogP) is 1.54. The van der Waals surface area contributed by atoms with Crippen molar-refractivity contribution in [3.05, 3.63) is 53.6 Å². The fourth-order valence-electron chi connectivity index (χ4n) is 6.09. The summed E-state index contributed by atoms with van der Waals surface area (Å²) in [6.45, 7) is 3.69. The smallest absolute Gasteiger partial charge is 0.258 e. The first-order chi connectivity index (χ1) is 15.3. The number of para-hydroxylation sites is 1. The Kier molecular flexibility index (Phi) is 4.58. The lowest BCUT2D eigenvalue weighted by Crippen LogP contribution is -2.43. The predicted molar refractivity (Wildman–Crippen MR) is 107 cm³/mol. The maximum Gasteiger partial charge on any atom is 0.258 e. The SMILES string of the molecule is C=CCc1cccc([C@H]2C3=CC[C@@H]4C(=O)N(O)C(=O)[C@@H]4[C@@H]3C[C@H]3C(=O)N(O)C(=O)[C@@H]23)c1O. The number of hydrogen-bond acceptors (Lipinski definition) is 7. The van der Waals surface area contributed by atoms with Gasteiger partial charge in [0.25, 0.3) is 23.6 Å². The Morgan fingerprint density at radius 3 is 2.28 bits per heavy atom. The van der Waals surface area contributed by atoms with Crippen LogP contribution in [-0.4, -0.2) is 49.3 Å². The van der Waals surface area contributed by atoms with Crippen molar-refractivity contribution in [1.29, 1.82) is 0 Å². The summed E-state index contributed by atoms with van der Waals surface area (Å²) in [4.78, 5) is 50.7. The second-order valence-electron chi connectivity index (χ2n) is 8.85. The fraction of sp³-hybridized carbons (Fsp3) is 0.391. The van der Waals surface area contributed by atoms with Gasteiger partial charge in [-0.3, -0.25) is 29.6 Å². The number of aromatic hydroxyl groups is 1. The summed E-state index contributed by atoms with van der Waals surface area (Å²) in [5, 5.41) is 31.3. The Balaban J connectivity index is 1.68. The van der Waals surface area contributed by atoms with Crippen LogP contribution < -0.4 is 0 Å². The molecule has 3 N–H and O–H groups in total. The molecule has 4 aliphatic rings. The number of imide groups is 2. The molecule has 6 atom stereocenters. The highest BCUT2D eigenvalue weighted by Gasteiger charge is 2.62. The van der Waals surface area contributed by atoms with Crippen LogP contribution in [0.1, 0.15) is 29.9 Å². The first-order valence-electron chi connectivity index (χ1n) is 10.5. The molecule has 0 unspecified atom stereocenters. The summed E-state index contributed by atoms with van der Waals surface area (Å²) in [6, 6.07) is 5.12. The molecule has 2 heterocycles. The molecule has 0 bridgehead atoms. The summed E-state index contributed by atoms with van der Waals surface area (Å²) in [5.41, 5.74) is 1.69. The molecule has 2 aliphatic heterocycles. The van der Waals surface area contributed by atoms with Gasteiger partial charge in [0.2, 0.25) is 0 Å². The van der Waals surface area contributed by atoms with E-state index in [2.05, 4.69) is 6.58 Å². The van der Waals surface area contributed by atoms with Crippen molar-refractivity contribution in [2.75, 3.05) is 0 Å². The minimum Gasteiger partial charge on any atom is -0.507 e. The van der Waals surface area contributed by atoms with Gasteiger partial charge in [0.05, 0.1) is 23.7 Å². The number of fused-ring (bicyclic) bond motifs is 4. The maximum absolute atomic E-state index is 12.9. The third-order valence-electron chi connectivity index (χ3n) is 7.45. The molecule has 1 saturated carbocycles. The number of amides is 4. The van der Waals surface area contributed by atoms with Gasteiger partial charge < -0.3 is 5.11 Å². The minimum atomic E-state index is -0.936. The molecule has 2 aliphatic carbocycles. The molecule has 1 aromatic rings. The second kappa shape index (κ2) is 7.11. The van der Waals surface area contributed by atoms with E-state index in [1.807, 2.05) is 0 Å². The zero-order valence-electron chi connectivity index (χ0n) is 17.0. The highest BCUT2D eigenvalue weighted by Crippen LogP contribution is 2.58. The molecule has 2 saturated heterocycles. The van der Waals surface area contributed by atoms with Gasteiger partial charge in [-0.2, -0.15) is 10.1 Å². The normalized spacial score (nSPS) is 33.8. The van der Waals surface area contributed by atoms with Gasteiger partial charge in [-0.15, -0.1) is 6.58 Å². The van der Waals surface area contributed by atoms with E-state index in [1.54, 1.807) is 30.4 Å². The van der Waals surface area contributed by atoms with Crippen LogP contribution in [0.3, 0.4) is 0 Å². The lowest BCUT2D eigenvalue weighted by molar-refractivity contribution is -0.174. The molecule has 4 amide bonds. The van der Waals surface area contributed by atoms with Crippen molar-refractivity contribution < 1.29 is 34.7 Å². The van der Waals surface area contributed by atoms with Gasteiger partial charge in [-0.05, 0) is 30.7 Å². The Hall–Kier alpha value is -3.30. The van der Waals surface area contributed by atoms with Crippen LogP contribution in [0.25, 0.3) is 0 Å². The first kappa shape index (κ1) is 20.6. The number of phenols is 1.